The number of nitrogens with one attached hydrogen (secondary N) is 1. The van der Waals surface area contributed by atoms with Gasteiger partial charge in [0.05, 0.1) is 17.6 Å². The lowest BCUT2D eigenvalue weighted by molar-refractivity contribution is 1.02. The third kappa shape index (κ3) is 2.60. The van der Waals surface area contributed by atoms with Gasteiger partial charge in [0.2, 0.25) is 0 Å². The molecule has 2 aromatic rings. The highest BCUT2D eigenvalue weighted by Crippen LogP contribution is 2.26. The van der Waals surface area contributed by atoms with Crippen molar-refractivity contribution in [2.24, 2.45) is 5.73 Å². The molecule has 17 heavy (non-hydrogen) atoms. The summed E-state index contributed by atoms with van der Waals surface area (Å²) in [5.41, 5.74) is 9.65. The minimum Gasteiger partial charge on any atom is -0.381 e. The molecule has 0 bridgehead atoms. The average molecular weight is 228 g/mol. The van der Waals surface area contributed by atoms with E-state index >= 15 is 0 Å². The summed E-state index contributed by atoms with van der Waals surface area (Å²) in [4.78, 5) is 8.39. The van der Waals surface area contributed by atoms with Crippen molar-refractivity contribution in [3.8, 4) is 11.3 Å². The van der Waals surface area contributed by atoms with Crippen LogP contribution in [0.25, 0.3) is 11.3 Å². The van der Waals surface area contributed by atoms with Crippen LogP contribution >= 0.6 is 0 Å². The Balaban J connectivity index is 2.41. The lowest BCUT2D eigenvalue weighted by Crippen LogP contribution is -2.14. The number of anilines is 1. The van der Waals surface area contributed by atoms with Gasteiger partial charge in [0.1, 0.15) is 6.33 Å². The molecule has 0 radical (unpaired) electrons. The molecule has 0 unspecified atom stereocenters. The molecular weight excluding hydrogens is 212 g/mol. The molecule has 0 spiro atoms. The van der Waals surface area contributed by atoms with E-state index in [0.29, 0.717) is 13.1 Å². The Kier molecular flexibility index (Phi) is 3.67. The van der Waals surface area contributed by atoms with Crippen LogP contribution in [-0.4, -0.2) is 23.1 Å². The molecule has 4 nitrogen and oxygen atoms in total. The molecule has 1 heterocycles. The Morgan fingerprint density at radius 2 is 2.12 bits per heavy atom. The zero-order valence-corrected chi connectivity index (χ0v) is 9.85. The lowest BCUT2D eigenvalue weighted by Gasteiger charge is -2.11. The molecule has 0 aliphatic carbocycles. The van der Waals surface area contributed by atoms with Gasteiger partial charge in [0.15, 0.2) is 0 Å². The summed E-state index contributed by atoms with van der Waals surface area (Å²) in [6.07, 6.45) is 3.35. The minimum absolute atomic E-state index is 0.585. The van der Waals surface area contributed by atoms with Gasteiger partial charge in [-0.15, -0.1) is 0 Å². The van der Waals surface area contributed by atoms with Crippen LogP contribution in [0.3, 0.4) is 0 Å². The number of hydrogen-bond acceptors (Lipinski definition) is 4. The highest BCUT2D eigenvalue weighted by Gasteiger charge is 2.07. The van der Waals surface area contributed by atoms with Crippen molar-refractivity contribution >= 4 is 5.69 Å². The molecule has 3 N–H and O–H groups in total. The Bertz CT molecular complexity index is 496. The summed E-state index contributed by atoms with van der Waals surface area (Å²) in [6, 6.07) is 8.17. The molecular formula is C13H16N4. The summed E-state index contributed by atoms with van der Waals surface area (Å²) >= 11 is 0. The first kappa shape index (κ1) is 11.5. The van der Waals surface area contributed by atoms with Crippen molar-refractivity contribution in [3.63, 3.8) is 0 Å². The second-order valence-corrected chi connectivity index (χ2v) is 3.82. The van der Waals surface area contributed by atoms with Crippen LogP contribution < -0.4 is 11.1 Å². The zero-order valence-electron chi connectivity index (χ0n) is 9.85. The Labute approximate surface area is 101 Å². The number of aryl methyl sites for hydroxylation is 1. The Morgan fingerprint density at radius 1 is 1.29 bits per heavy atom. The SMILES string of the molecule is Cc1ccccc1-c1ncncc1NCCN. The number of benzene rings is 1. The molecule has 4 heteroatoms. The van der Waals surface area contributed by atoms with E-state index in [1.165, 1.54) is 5.56 Å². The van der Waals surface area contributed by atoms with Crippen molar-refractivity contribution in [1.82, 2.24) is 9.97 Å². The molecule has 1 aromatic carbocycles. The number of rotatable bonds is 4. The average Bonchev–Trinajstić information content (AvgIpc) is 2.37. The van der Waals surface area contributed by atoms with Gasteiger partial charge in [0, 0.05) is 18.7 Å². The highest BCUT2D eigenvalue weighted by molar-refractivity contribution is 5.75. The fraction of sp³-hybridized carbons (Fsp3) is 0.231. The van der Waals surface area contributed by atoms with Crippen molar-refractivity contribution in [2.45, 2.75) is 6.92 Å². The molecule has 0 fully saturated rings. The maximum Gasteiger partial charge on any atom is 0.116 e. The van der Waals surface area contributed by atoms with Gasteiger partial charge in [-0.1, -0.05) is 24.3 Å². The fourth-order valence-corrected chi connectivity index (χ4v) is 1.72. The number of aromatic nitrogens is 2. The van der Waals surface area contributed by atoms with E-state index in [2.05, 4.69) is 34.3 Å². The van der Waals surface area contributed by atoms with E-state index in [4.69, 9.17) is 5.73 Å². The van der Waals surface area contributed by atoms with Gasteiger partial charge in [0.25, 0.3) is 0 Å². The Morgan fingerprint density at radius 3 is 2.88 bits per heavy atom. The van der Waals surface area contributed by atoms with E-state index in [9.17, 15) is 0 Å². The third-order valence-electron chi connectivity index (χ3n) is 2.57. The number of nitrogens with zero attached hydrogens (tertiary/aromatic N) is 2. The van der Waals surface area contributed by atoms with Crippen LogP contribution in [-0.2, 0) is 0 Å². The topological polar surface area (TPSA) is 63.8 Å². The van der Waals surface area contributed by atoms with E-state index in [0.717, 1.165) is 16.9 Å². The molecule has 0 amide bonds. The normalized spacial score (nSPS) is 10.2. The van der Waals surface area contributed by atoms with E-state index in [-0.39, 0.29) is 0 Å². The molecule has 0 aliphatic rings. The minimum atomic E-state index is 0.585. The van der Waals surface area contributed by atoms with Gasteiger partial charge in [-0.2, -0.15) is 0 Å². The molecule has 1 aromatic heterocycles. The summed E-state index contributed by atoms with van der Waals surface area (Å²) < 4.78 is 0. The summed E-state index contributed by atoms with van der Waals surface area (Å²) in [5.74, 6) is 0. The largest absolute Gasteiger partial charge is 0.381 e. The van der Waals surface area contributed by atoms with E-state index in [1.807, 2.05) is 12.1 Å². The first-order chi connectivity index (χ1) is 8.33. The van der Waals surface area contributed by atoms with E-state index in [1.54, 1.807) is 12.5 Å². The molecule has 0 aliphatic heterocycles. The number of nitrogens with two attached hydrogens (primary N) is 1. The van der Waals surface area contributed by atoms with Crippen LogP contribution in [0.4, 0.5) is 5.69 Å². The van der Waals surface area contributed by atoms with Crippen LogP contribution in [0.2, 0.25) is 0 Å². The smallest absolute Gasteiger partial charge is 0.116 e. The maximum absolute atomic E-state index is 5.49. The van der Waals surface area contributed by atoms with Crippen molar-refractivity contribution in [2.75, 3.05) is 18.4 Å². The van der Waals surface area contributed by atoms with Crippen LogP contribution in [0.1, 0.15) is 5.56 Å². The zero-order chi connectivity index (χ0) is 12.1. The first-order valence-corrected chi connectivity index (χ1v) is 5.63. The highest BCUT2D eigenvalue weighted by atomic mass is 15.0. The molecule has 0 saturated carbocycles. The summed E-state index contributed by atoms with van der Waals surface area (Å²) in [7, 11) is 0. The van der Waals surface area contributed by atoms with Crippen molar-refractivity contribution < 1.29 is 0 Å². The molecule has 0 saturated heterocycles. The summed E-state index contributed by atoms with van der Waals surface area (Å²) in [6.45, 7) is 3.37. The number of hydrogen-bond donors (Lipinski definition) is 2. The quantitative estimate of drug-likeness (QED) is 0.838. The predicted molar refractivity (Wildman–Crippen MR) is 69.7 cm³/mol. The Hall–Kier alpha value is -1.94. The van der Waals surface area contributed by atoms with Crippen molar-refractivity contribution in [3.05, 3.63) is 42.4 Å². The third-order valence-corrected chi connectivity index (χ3v) is 2.57. The predicted octanol–water partition coefficient (Wildman–Crippen LogP) is 1.82. The van der Waals surface area contributed by atoms with Crippen molar-refractivity contribution in [1.29, 1.82) is 0 Å². The molecule has 88 valence electrons. The maximum atomic E-state index is 5.49. The van der Waals surface area contributed by atoms with Gasteiger partial charge in [-0.05, 0) is 12.5 Å². The first-order valence-electron chi connectivity index (χ1n) is 5.63. The van der Waals surface area contributed by atoms with Crippen LogP contribution in [0.5, 0.6) is 0 Å². The van der Waals surface area contributed by atoms with E-state index < -0.39 is 0 Å². The fourth-order valence-electron chi connectivity index (χ4n) is 1.72. The second-order valence-electron chi connectivity index (χ2n) is 3.82. The second kappa shape index (κ2) is 5.41. The molecule has 0 atom stereocenters. The molecule has 2 rings (SSSR count). The monoisotopic (exact) mass is 228 g/mol. The standard InChI is InChI=1S/C13H16N4/c1-10-4-2-3-5-11(10)13-12(16-7-6-14)8-15-9-17-13/h2-5,8-9,16H,6-7,14H2,1H3. The van der Waals surface area contributed by atoms with Gasteiger partial charge in [-0.3, -0.25) is 0 Å². The van der Waals surface area contributed by atoms with Gasteiger partial charge < -0.3 is 11.1 Å². The van der Waals surface area contributed by atoms with Crippen LogP contribution in [0, 0.1) is 6.92 Å². The van der Waals surface area contributed by atoms with Gasteiger partial charge >= 0.3 is 0 Å². The van der Waals surface area contributed by atoms with Crippen LogP contribution in [0.15, 0.2) is 36.8 Å². The van der Waals surface area contributed by atoms with Gasteiger partial charge in [-0.25, -0.2) is 9.97 Å². The lowest BCUT2D eigenvalue weighted by atomic mass is 10.0. The summed E-state index contributed by atoms with van der Waals surface area (Å²) in [5, 5.41) is 3.24.